The second-order valence-electron chi connectivity index (χ2n) is 5.17. The molecule has 0 aromatic heterocycles. The van der Waals surface area contributed by atoms with Gasteiger partial charge in [0, 0.05) is 27.6 Å². The van der Waals surface area contributed by atoms with Crippen molar-refractivity contribution >= 4 is 28.4 Å². The summed E-state index contributed by atoms with van der Waals surface area (Å²) in [6.07, 6.45) is 0. The number of phenolic OH excluding ortho intramolecular Hbond substituents is 1. The van der Waals surface area contributed by atoms with Crippen molar-refractivity contribution in [3.05, 3.63) is 27.8 Å². The molecule has 2 aromatic rings. The maximum absolute atomic E-state index is 10.5. The summed E-state index contributed by atoms with van der Waals surface area (Å²) in [5.74, 6) is 0.385. The molecule has 0 radical (unpaired) electrons. The normalized spacial score (nSPS) is 13.3. The first kappa shape index (κ1) is 12.5. The van der Waals surface area contributed by atoms with Crippen molar-refractivity contribution in [3.8, 4) is 5.75 Å². The zero-order valence-corrected chi connectivity index (χ0v) is 12.6. The summed E-state index contributed by atoms with van der Waals surface area (Å²) in [7, 11) is 0. The van der Waals surface area contributed by atoms with Gasteiger partial charge in [-0.2, -0.15) is 0 Å². The van der Waals surface area contributed by atoms with E-state index in [9.17, 15) is 5.11 Å². The molecule has 1 aliphatic heterocycles. The zero-order chi connectivity index (χ0) is 13.9. The fraction of sp³-hybridized carbons (Fsp3) is 0.333. The molecule has 3 nitrogen and oxygen atoms in total. The Hall–Kier alpha value is -1.55. The standard InChI is InChI=1S/C15H16N2OS/c1-6-7(2)11-12-13(8(6)3)16-17-19-15(12)10(5)9(4)14(11)18/h18H,1-5H3. The average Bonchev–Trinajstić information content (AvgIpc) is 2.41. The number of phenols is 1. The molecule has 0 saturated heterocycles. The van der Waals surface area contributed by atoms with E-state index in [1.807, 2.05) is 13.8 Å². The van der Waals surface area contributed by atoms with Crippen LogP contribution in [0.5, 0.6) is 5.75 Å². The van der Waals surface area contributed by atoms with E-state index in [1.54, 1.807) is 0 Å². The Labute approximate surface area is 116 Å². The van der Waals surface area contributed by atoms with Crippen molar-refractivity contribution < 1.29 is 5.11 Å². The fourth-order valence-electron chi connectivity index (χ4n) is 2.72. The predicted molar refractivity (Wildman–Crippen MR) is 79.7 cm³/mol. The van der Waals surface area contributed by atoms with Crippen LogP contribution in [-0.2, 0) is 0 Å². The molecule has 1 heterocycles. The van der Waals surface area contributed by atoms with Gasteiger partial charge in [-0.25, -0.2) is 0 Å². The van der Waals surface area contributed by atoms with Gasteiger partial charge < -0.3 is 5.11 Å². The zero-order valence-electron chi connectivity index (χ0n) is 11.7. The number of nitrogens with zero attached hydrogens (tertiary/aromatic N) is 2. The average molecular weight is 272 g/mol. The maximum atomic E-state index is 10.5. The molecule has 2 aromatic carbocycles. The molecule has 0 atom stereocenters. The van der Waals surface area contributed by atoms with Crippen molar-refractivity contribution in [2.45, 2.75) is 39.5 Å². The second-order valence-corrected chi connectivity index (χ2v) is 5.93. The van der Waals surface area contributed by atoms with Gasteiger partial charge in [0.15, 0.2) is 0 Å². The highest BCUT2D eigenvalue weighted by atomic mass is 32.2. The predicted octanol–water partition coefficient (Wildman–Crippen LogP) is 5.19. The van der Waals surface area contributed by atoms with Crippen LogP contribution in [0.4, 0.5) is 5.69 Å². The Morgan fingerprint density at radius 1 is 0.789 bits per heavy atom. The molecule has 0 spiro atoms. The van der Waals surface area contributed by atoms with E-state index >= 15 is 0 Å². The molecule has 3 rings (SSSR count). The Balaban J connectivity index is 2.70. The Morgan fingerprint density at radius 2 is 1.47 bits per heavy atom. The number of hydrogen-bond donors (Lipinski definition) is 1. The topological polar surface area (TPSA) is 45.0 Å². The van der Waals surface area contributed by atoms with Gasteiger partial charge in [-0.05, 0) is 62.4 Å². The molecule has 0 bridgehead atoms. The lowest BCUT2D eigenvalue weighted by Gasteiger charge is -2.21. The Bertz CT molecular complexity index is 755. The molecular weight excluding hydrogens is 256 g/mol. The van der Waals surface area contributed by atoms with Crippen LogP contribution in [0.15, 0.2) is 14.5 Å². The molecule has 19 heavy (non-hydrogen) atoms. The van der Waals surface area contributed by atoms with Crippen LogP contribution in [0.2, 0.25) is 0 Å². The monoisotopic (exact) mass is 272 g/mol. The molecule has 1 N–H and O–H groups in total. The van der Waals surface area contributed by atoms with Gasteiger partial charge >= 0.3 is 0 Å². The first-order chi connectivity index (χ1) is 8.95. The van der Waals surface area contributed by atoms with Crippen LogP contribution in [-0.4, -0.2) is 5.11 Å². The SMILES string of the molecule is Cc1c(C)c2c3c(c(C)c(C)c(O)c3c1C)SN=N2. The largest absolute Gasteiger partial charge is 0.507 e. The summed E-state index contributed by atoms with van der Waals surface area (Å²) in [5, 5.41) is 16.8. The van der Waals surface area contributed by atoms with Gasteiger partial charge in [0.05, 0.1) is 5.69 Å². The third-order valence-corrected chi connectivity index (χ3v) is 5.19. The lowest BCUT2D eigenvalue weighted by molar-refractivity contribution is 0.476. The summed E-state index contributed by atoms with van der Waals surface area (Å²) in [6.45, 7) is 10.2. The van der Waals surface area contributed by atoms with E-state index in [0.29, 0.717) is 5.75 Å². The number of aryl methyl sites for hydroxylation is 1. The lowest BCUT2D eigenvalue weighted by Crippen LogP contribution is -1.98. The van der Waals surface area contributed by atoms with Crippen molar-refractivity contribution in [2.24, 2.45) is 9.63 Å². The third kappa shape index (κ3) is 1.46. The van der Waals surface area contributed by atoms with Crippen molar-refractivity contribution in [1.82, 2.24) is 0 Å². The fourth-order valence-corrected chi connectivity index (χ4v) is 3.51. The van der Waals surface area contributed by atoms with E-state index in [0.717, 1.165) is 43.6 Å². The highest BCUT2D eigenvalue weighted by Crippen LogP contribution is 2.50. The maximum Gasteiger partial charge on any atom is 0.127 e. The molecule has 0 saturated carbocycles. The summed E-state index contributed by atoms with van der Waals surface area (Å²) < 4.78 is 4.17. The molecule has 98 valence electrons. The summed E-state index contributed by atoms with van der Waals surface area (Å²) in [6, 6.07) is 0. The van der Waals surface area contributed by atoms with Crippen LogP contribution in [0.1, 0.15) is 27.8 Å². The van der Waals surface area contributed by atoms with Gasteiger partial charge in [-0.3, -0.25) is 0 Å². The first-order valence-corrected chi connectivity index (χ1v) is 7.06. The third-order valence-electron chi connectivity index (χ3n) is 4.34. The quantitative estimate of drug-likeness (QED) is 0.670. The minimum absolute atomic E-state index is 0.385. The number of aromatic hydroxyl groups is 1. The smallest absolute Gasteiger partial charge is 0.127 e. The van der Waals surface area contributed by atoms with E-state index in [4.69, 9.17) is 0 Å². The van der Waals surface area contributed by atoms with Crippen molar-refractivity contribution in [1.29, 1.82) is 0 Å². The van der Waals surface area contributed by atoms with Crippen LogP contribution in [0, 0.1) is 34.6 Å². The minimum atomic E-state index is 0.385. The van der Waals surface area contributed by atoms with Crippen LogP contribution < -0.4 is 0 Å². The Kier molecular flexibility index (Phi) is 2.61. The second kappa shape index (κ2) is 3.97. The summed E-state index contributed by atoms with van der Waals surface area (Å²) in [5.41, 5.74) is 6.40. The number of rotatable bonds is 0. The molecule has 0 unspecified atom stereocenters. The van der Waals surface area contributed by atoms with E-state index in [-0.39, 0.29) is 0 Å². The van der Waals surface area contributed by atoms with Crippen LogP contribution in [0.3, 0.4) is 0 Å². The van der Waals surface area contributed by atoms with Gasteiger partial charge in [-0.1, -0.05) is 0 Å². The summed E-state index contributed by atoms with van der Waals surface area (Å²) in [4.78, 5) is 1.13. The Morgan fingerprint density at radius 3 is 2.16 bits per heavy atom. The van der Waals surface area contributed by atoms with Gasteiger partial charge in [0.2, 0.25) is 0 Å². The summed E-state index contributed by atoms with van der Waals surface area (Å²) >= 11 is 1.40. The molecule has 0 aliphatic carbocycles. The molecular formula is C15H16N2OS. The van der Waals surface area contributed by atoms with Crippen molar-refractivity contribution in [3.63, 3.8) is 0 Å². The molecule has 4 heteroatoms. The van der Waals surface area contributed by atoms with Gasteiger partial charge in [-0.15, -0.1) is 9.63 Å². The number of benzene rings is 2. The molecule has 1 aliphatic rings. The van der Waals surface area contributed by atoms with Crippen molar-refractivity contribution in [2.75, 3.05) is 0 Å². The molecule has 0 fully saturated rings. The van der Waals surface area contributed by atoms with Crippen LogP contribution in [0.25, 0.3) is 10.8 Å². The van der Waals surface area contributed by atoms with E-state index in [1.165, 1.54) is 17.5 Å². The first-order valence-electron chi connectivity index (χ1n) is 6.28. The van der Waals surface area contributed by atoms with E-state index < -0.39 is 0 Å². The van der Waals surface area contributed by atoms with Gasteiger partial charge in [0.1, 0.15) is 5.75 Å². The highest BCUT2D eigenvalue weighted by Gasteiger charge is 2.24. The molecule has 0 amide bonds. The highest BCUT2D eigenvalue weighted by molar-refractivity contribution is 7.98. The van der Waals surface area contributed by atoms with Gasteiger partial charge in [0.25, 0.3) is 0 Å². The lowest BCUT2D eigenvalue weighted by atomic mass is 9.90. The van der Waals surface area contributed by atoms with Crippen LogP contribution >= 0.6 is 11.9 Å². The minimum Gasteiger partial charge on any atom is -0.507 e. The number of hydrogen-bond acceptors (Lipinski definition) is 4. The van der Waals surface area contributed by atoms with E-state index in [2.05, 4.69) is 30.4 Å².